The summed E-state index contributed by atoms with van der Waals surface area (Å²) in [5.74, 6) is 0.109. The van der Waals surface area contributed by atoms with Crippen molar-refractivity contribution >= 4 is 15.5 Å². The minimum Gasteiger partial charge on any atom is -0.474 e. The summed E-state index contributed by atoms with van der Waals surface area (Å²) >= 11 is 0. The summed E-state index contributed by atoms with van der Waals surface area (Å²) in [6, 6.07) is 1.38. The third-order valence-corrected chi connectivity index (χ3v) is 3.62. The SMILES string of the molecule is CCS(=O)(=O)c1cc(N)cnc1OC(C)C. The van der Waals surface area contributed by atoms with E-state index >= 15 is 0 Å². The summed E-state index contributed by atoms with van der Waals surface area (Å²) in [4.78, 5) is 3.97. The molecule has 0 saturated carbocycles. The maximum absolute atomic E-state index is 11.8. The Bertz CT molecular complexity index is 469. The Hall–Kier alpha value is -1.30. The maximum atomic E-state index is 11.8. The Morgan fingerprint density at radius 3 is 2.62 bits per heavy atom. The van der Waals surface area contributed by atoms with E-state index in [0.29, 0.717) is 5.69 Å². The number of hydrogen-bond acceptors (Lipinski definition) is 5. The Morgan fingerprint density at radius 1 is 1.50 bits per heavy atom. The molecule has 1 aromatic heterocycles. The molecule has 16 heavy (non-hydrogen) atoms. The van der Waals surface area contributed by atoms with Gasteiger partial charge in [0.2, 0.25) is 5.88 Å². The average molecular weight is 244 g/mol. The van der Waals surface area contributed by atoms with Crippen LogP contribution in [-0.4, -0.2) is 25.3 Å². The van der Waals surface area contributed by atoms with Crippen molar-refractivity contribution in [1.82, 2.24) is 4.98 Å². The zero-order chi connectivity index (χ0) is 12.3. The predicted molar refractivity (Wildman–Crippen MR) is 62.1 cm³/mol. The van der Waals surface area contributed by atoms with Crippen LogP contribution in [0.1, 0.15) is 20.8 Å². The van der Waals surface area contributed by atoms with Gasteiger partial charge in [-0.2, -0.15) is 0 Å². The molecule has 0 fully saturated rings. The first-order valence-corrected chi connectivity index (χ1v) is 6.67. The Balaban J connectivity index is 3.29. The Morgan fingerprint density at radius 2 is 2.12 bits per heavy atom. The molecule has 90 valence electrons. The monoisotopic (exact) mass is 244 g/mol. The molecule has 5 nitrogen and oxygen atoms in total. The van der Waals surface area contributed by atoms with Gasteiger partial charge < -0.3 is 10.5 Å². The molecule has 1 heterocycles. The molecule has 0 unspecified atom stereocenters. The molecular formula is C10H16N2O3S. The molecule has 0 bridgehead atoms. The van der Waals surface area contributed by atoms with Gasteiger partial charge in [-0.1, -0.05) is 6.92 Å². The molecule has 0 aliphatic carbocycles. The standard InChI is InChI=1S/C10H16N2O3S/c1-4-16(13,14)9-5-8(11)6-12-10(9)15-7(2)3/h5-7H,4,11H2,1-3H3. The highest BCUT2D eigenvalue weighted by Gasteiger charge is 2.20. The van der Waals surface area contributed by atoms with Gasteiger partial charge in [0.15, 0.2) is 9.84 Å². The van der Waals surface area contributed by atoms with Gasteiger partial charge in [-0.3, -0.25) is 0 Å². The number of nitrogens with zero attached hydrogens (tertiary/aromatic N) is 1. The average Bonchev–Trinajstić information content (AvgIpc) is 2.20. The molecule has 0 aliphatic rings. The molecular weight excluding hydrogens is 228 g/mol. The van der Waals surface area contributed by atoms with Gasteiger partial charge in [0.05, 0.1) is 23.7 Å². The number of nitrogen functional groups attached to an aromatic ring is 1. The van der Waals surface area contributed by atoms with E-state index < -0.39 is 9.84 Å². The van der Waals surface area contributed by atoms with Crippen LogP contribution in [0.25, 0.3) is 0 Å². The smallest absolute Gasteiger partial charge is 0.232 e. The normalized spacial score (nSPS) is 11.8. The second-order valence-corrected chi connectivity index (χ2v) is 5.89. The summed E-state index contributed by atoms with van der Waals surface area (Å²) in [6.45, 7) is 5.18. The van der Waals surface area contributed by atoms with Crippen molar-refractivity contribution in [3.05, 3.63) is 12.3 Å². The van der Waals surface area contributed by atoms with E-state index in [1.807, 2.05) is 0 Å². The quantitative estimate of drug-likeness (QED) is 0.861. The lowest BCUT2D eigenvalue weighted by atomic mass is 10.4. The van der Waals surface area contributed by atoms with E-state index in [4.69, 9.17) is 10.5 Å². The van der Waals surface area contributed by atoms with Crippen molar-refractivity contribution in [2.24, 2.45) is 0 Å². The highest BCUT2D eigenvalue weighted by atomic mass is 32.2. The molecule has 0 aliphatic heterocycles. The number of aromatic nitrogens is 1. The zero-order valence-corrected chi connectivity index (χ0v) is 10.4. The molecule has 0 radical (unpaired) electrons. The first-order valence-electron chi connectivity index (χ1n) is 5.01. The van der Waals surface area contributed by atoms with Crippen LogP contribution in [-0.2, 0) is 9.84 Å². The van der Waals surface area contributed by atoms with Gasteiger partial charge in [0.1, 0.15) is 4.90 Å². The van der Waals surface area contributed by atoms with Crippen LogP contribution in [0.4, 0.5) is 5.69 Å². The minimum atomic E-state index is -3.36. The number of hydrogen-bond donors (Lipinski definition) is 1. The molecule has 1 rings (SSSR count). The summed E-state index contributed by atoms with van der Waals surface area (Å²) in [5.41, 5.74) is 5.84. The van der Waals surface area contributed by atoms with Crippen molar-refractivity contribution in [1.29, 1.82) is 0 Å². The van der Waals surface area contributed by atoms with Crippen molar-refractivity contribution in [3.8, 4) is 5.88 Å². The van der Waals surface area contributed by atoms with Crippen molar-refractivity contribution in [3.63, 3.8) is 0 Å². The fourth-order valence-electron chi connectivity index (χ4n) is 1.14. The van der Waals surface area contributed by atoms with Crippen LogP contribution < -0.4 is 10.5 Å². The number of ether oxygens (including phenoxy) is 1. The third kappa shape index (κ3) is 2.85. The summed E-state index contributed by atoms with van der Waals surface area (Å²) in [6.07, 6.45) is 1.24. The molecule has 0 aromatic carbocycles. The van der Waals surface area contributed by atoms with Gasteiger partial charge in [0, 0.05) is 0 Å². The summed E-state index contributed by atoms with van der Waals surface area (Å²) in [7, 11) is -3.36. The largest absolute Gasteiger partial charge is 0.474 e. The molecule has 6 heteroatoms. The van der Waals surface area contributed by atoms with Gasteiger partial charge >= 0.3 is 0 Å². The Labute approximate surface area is 95.6 Å². The van der Waals surface area contributed by atoms with E-state index in [1.54, 1.807) is 20.8 Å². The van der Waals surface area contributed by atoms with Crippen molar-refractivity contribution < 1.29 is 13.2 Å². The van der Waals surface area contributed by atoms with E-state index in [-0.39, 0.29) is 22.6 Å². The number of pyridine rings is 1. The van der Waals surface area contributed by atoms with E-state index in [9.17, 15) is 8.42 Å². The highest BCUT2D eigenvalue weighted by molar-refractivity contribution is 7.91. The van der Waals surface area contributed by atoms with Crippen molar-refractivity contribution in [2.45, 2.75) is 31.8 Å². The molecule has 1 aromatic rings. The number of nitrogens with two attached hydrogens (primary N) is 1. The van der Waals surface area contributed by atoms with Gasteiger partial charge in [-0.25, -0.2) is 13.4 Å². The first-order chi connectivity index (χ1) is 7.36. The summed E-state index contributed by atoms with van der Waals surface area (Å²) < 4.78 is 28.9. The van der Waals surface area contributed by atoms with E-state index in [2.05, 4.69) is 4.98 Å². The van der Waals surface area contributed by atoms with Crippen LogP contribution in [0.5, 0.6) is 5.88 Å². The Kier molecular flexibility index (Phi) is 3.74. The number of sulfone groups is 1. The van der Waals surface area contributed by atoms with Gasteiger partial charge in [-0.15, -0.1) is 0 Å². The van der Waals surface area contributed by atoms with Gasteiger partial charge in [0.25, 0.3) is 0 Å². The molecule has 0 atom stereocenters. The molecule has 0 amide bonds. The predicted octanol–water partition coefficient (Wildman–Crippen LogP) is 1.24. The molecule has 2 N–H and O–H groups in total. The fourth-order valence-corrected chi connectivity index (χ4v) is 2.13. The lowest BCUT2D eigenvalue weighted by Gasteiger charge is -2.13. The topological polar surface area (TPSA) is 82.3 Å². The maximum Gasteiger partial charge on any atom is 0.232 e. The van der Waals surface area contributed by atoms with Crippen LogP contribution in [0.15, 0.2) is 17.2 Å². The zero-order valence-electron chi connectivity index (χ0n) is 9.60. The van der Waals surface area contributed by atoms with Gasteiger partial charge in [-0.05, 0) is 19.9 Å². The minimum absolute atomic E-state index is 0.00735. The lowest BCUT2D eigenvalue weighted by molar-refractivity contribution is 0.226. The van der Waals surface area contributed by atoms with E-state index in [0.717, 1.165) is 0 Å². The number of anilines is 1. The summed E-state index contributed by atoms with van der Waals surface area (Å²) in [5, 5.41) is 0. The van der Waals surface area contributed by atoms with Crippen LogP contribution in [0.2, 0.25) is 0 Å². The second kappa shape index (κ2) is 4.69. The fraction of sp³-hybridized carbons (Fsp3) is 0.500. The lowest BCUT2D eigenvalue weighted by Crippen LogP contribution is -2.13. The molecule has 0 saturated heterocycles. The highest BCUT2D eigenvalue weighted by Crippen LogP contribution is 2.25. The van der Waals surface area contributed by atoms with Crippen LogP contribution in [0.3, 0.4) is 0 Å². The van der Waals surface area contributed by atoms with Crippen LogP contribution >= 0.6 is 0 Å². The third-order valence-electron chi connectivity index (χ3n) is 1.90. The van der Waals surface area contributed by atoms with Crippen molar-refractivity contribution in [2.75, 3.05) is 11.5 Å². The van der Waals surface area contributed by atoms with Crippen LogP contribution in [0, 0.1) is 0 Å². The number of rotatable bonds is 4. The first kappa shape index (κ1) is 12.8. The molecule has 0 spiro atoms. The van der Waals surface area contributed by atoms with E-state index in [1.165, 1.54) is 12.3 Å². The second-order valence-electron chi connectivity index (χ2n) is 3.64.